The second-order valence-corrected chi connectivity index (χ2v) is 1.37. The molecule has 5 heavy (non-hydrogen) atoms. The second kappa shape index (κ2) is 1.31. The van der Waals surface area contributed by atoms with Gasteiger partial charge < -0.3 is 4.28 Å². The summed E-state index contributed by atoms with van der Waals surface area (Å²) in [6.45, 7) is 0. The van der Waals surface area contributed by atoms with Crippen LogP contribution >= 0.6 is 12.0 Å². The van der Waals surface area contributed by atoms with Crippen LogP contribution in [-0.4, -0.2) is 12.0 Å². The molecule has 0 bridgehead atoms. The van der Waals surface area contributed by atoms with Gasteiger partial charge in [0.05, 0.1) is 24.0 Å². The van der Waals surface area contributed by atoms with Crippen LogP contribution in [0.15, 0.2) is 5.16 Å². The van der Waals surface area contributed by atoms with Crippen molar-refractivity contribution in [2.75, 3.05) is 5.75 Å². The van der Waals surface area contributed by atoms with Gasteiger partial charge in [-0.05, 0) is 0 Å². The lowest BCUT2D eigenvalue weighted by Crippen LogP contribution is -1.61. The summed E-state index contributed by atoms with van der Waals surface area (Å²) in [6, 6.07) is 0. The zero-order chi connectivity index (χ0) is 3.54. The fraction of sp³-hybridized carbons (Fsp3) is 0.500. The van der Waals surface area contributed by atoms with Crippen molar-refractivity contribution in [2.45, 2.75) is 0 Å². The molecule has 0 spiro atoms. The van der Waals surface area contributed by atoms with E-state index < -0.39 is 0 Å². The van der Waals surface area contributed by atoms with E-state index >= 15 is 0 Å². The molecule has 2 nitrogen and oxygen atoms in total. The second-order valence-electron chi connectivity index (χ2n) is 0.647. The average Bonchev–Trinajstić information content (AvgIpc) is 1.76. The number of nitrogens with zero attached hydrogens (tertiary/aromatic N) is 1. The lowest BCUT2D eigenvalue weighted by atomic mass is 10.9. The summed E-state index contributed by atoms with van der Waals surface area (Å²) < 4.78 is 4.43. The lowest BCUT2D eigenvalue weighted by Gasteiger charge is -1.72. The summed E-state index contributed by atoms with van der Waals surface area (Å²) in [6.07, 6.45) is 1.73. The Morgan fingerprint density at radius 3 is 3.20 bits per heavy atom. The van der Waals surface area contributed by atoms with Crippen molar-refractivity contribution >= 4 is 18.3 Å². The van der Waals surface area contributed by atoms with E-state index in [4.69, 9.17) is 0 Å². The normalized spacial score (nSPS) is 19.2. The first-order chi connectivity index (χ1) is 2.50. The maximum absolute atomic E-state index is 4.43. The molecule has 0 amide bonds. The van der Waals surface area contributed by atoms with Gasteiger partial charge in [-0.3, -0.25) is 0 Å². The van der Waals surface area contributed by atoms with Gasteiger partial charge in [0.15, 0.2) is 0 Å². The maximum atomic E-state index is 4.43. The minimum Gasteiger partial charge on any atom is -0.322 e. The van der Waals surface area contributed by atoms with E-state index in [1.165, 1.54) is 12.0 Å². The highest BCUT2D eigenvalue weighted by Crippen LogP contribution is 2.04. The zero-order valence-electron chi connectivity index (χ0n) is 2.55. The van der Waals surface area contributed by atoms with E-state index in [2.05, 4.69) is 9.44 Å². The van der Waals surface area contributed by atoms with Gasteiger partial charge in [0.25, 0.3) is 0 Å². The third-order valence-electron chi connectivity index (χ3n) is 0.313. The van der Waals surface area contributed by atoms with Crippen LogP contribution in [0.4, 0.5) is 0 Å². The highest BCUT2D eigenvalue weighted by Gasteiger charge is 1.88. The Morgan fingerprint density at radius 1 is 2.00 bits per heavy atom. The lowest BCUT2D eigenvalue weighted by molar-refractivity contribution is 0.418. The van der Waals surface area contributed by atoms with E-state index in [0.29, 0.717) is 0 Å². The van der Waals surface area contributed by atoms with Gasteiger partial charge in [0.1, 0.15) is 0 Å². The van der Waals surface area contributed by atoms with Crippen molar-refractivity contribution in [1.82, 2.24) is 0 Å². The van der Waals surface area contributed by atoms with Gasteiger partial charge in [-0.25, -0.2) is 0 Å². The number of oxime groups is 1. The van der Waals surface area contributed by atoms with Crippen LogP contribution in [0.25, 0.3) is 0 Å². The van der Waals surface area contributed by atoms with Crippen LogP contribution in [0.3, 0.4) is 0 Å². The first-order valence-electron chi connectivity index (χ1n) is 1.30. The van der Waals surface area contributed by atoms with Gasteiger partial charge in [0.2, 0.25) is 0 Å². The largest absolute Gasteiger partial charge is 0.322 e. The molecule has 0 unspecified atom stereocenters. The fourth-order valence-electron chi connectivity index (χ4n) is 0.152. The summed E-state index contributed by atoms with van der Waals surface area (Å²) >= 11 is 1.35. The number of hydrogen-bond donors (Lipinski definition) is 0. The molecule has 0 N–H and O–H groups in total. The molecule has 3 heteroatoms. The predicted molar refractivity (Wildman–Crippen MR) is 22.0 cm³/mol. The summed E-state index contributed by atoms with van der Waals surface area (Å²) in [5.74, 6) is 0.903. The molecule has 0 aliphatic carbocycles. The van der Waals surface area contributed by atoms with Gasteiger partial charge in [-0.2, -0.15) is 0 Å². The van der Waals surface area contributed by atoms with Crippen molar-refractivity contribution in [2.24, 2.45) is 5.16 Å². The minimum atomic E-state index is 0.903. The van der Waals surface area contributed by atoms with E-state index in [1.807, 2.05) is 0 Å². The molecule has 0 saturated carbocycles. The average molecular weight is 89.1 g/mol. The Labute approximate surface area is 34.4 Å². The Kier molecular flexibility index (Phi) is 0.792. The quantitative estimate of drug-likeness (QED) is 0.406. The smallest absolute Gasteiger partial charge is 0.0935 e. The molecule has 0 aromatic heterocycles. The summed E-state index contributed by atoms with van der Waals surface area (Å²) in [5, 5.41) is 3.42. The molecule has 1 aliphatic rings. The molecule has 1 heterocycles. The Hall–Kier alpha value is -0.180. The summed E-state index contributed by atoms with van der Waals surface area (Å²) in [4.78, 5) is 0. The van der Waals surface area contributed by atoms with Crippen LogP contribution in [-0.2, 0) is 4.28 Å². The van der Waals surface area contributed by atoms with Crippen molar-refractivity contribution in [3.05, 3.63) is 0 Å². The minimum absolute atomic E-state index is 0.903. The van der Waals surface area contributed by atoms with Crippen LogP contribution in [0.5, 0.6) is 0 Å². The van der Waals surface area contributed by atoms with Crippen LogP contribution in [0.1, 0.15) is 0 Å². The monoisotopic (exact) mass is 89.0 g/mol. The topological polar surface area (TPSA) is 21.6 Å². The first kappa shape index (κ1) is 3.03. The fourth-order valence-corrected chi connectivity index (χ4v) is 0.456. The highest BCUT2D eigenvalue weighted by atomic mass is 32.2. The van der Waals surface area contributed by atoms with Gasteiger partial charge in [-0.15, -0.1) is 0 Å². The summed E-state index contributed by atoms with van der Waals surface area (Å²) in [7, 11) is 0. The Morgan fingerprint density at radius 2 is 3.00 bits per heavy atom. The molecule has 1 rings (SSSR count). The van der Waals surface area contributed by atoms with Gasteiger partial charge in [-0.1, -0.05) is 5.16 Å². The van der Waals surface area contributed by atoms with Crippen molar-refractivity contribution in [3.63, 3.8) is 0 Å². The Bertz CT molecular complexity index is 47.6. The van der Waals surface area contributed by atoms with Crippen LogP contribution < -0.4 is 0 Å². The van der Waals surface area contributed by atoms with Gasteiger partial charge >= 0.3 is 0 Å². The first-order valence-corrected chi connectivity index (χ1v) is 2.22. The van der Waals surface area contributed by atoms with E-state index in [0.717, 1.165) is 5.75 Å². The molecule has 0 aromatic carbocycles. The van der Waals surface area contributed by atoms with Gasteiger partial charge in [0, 0.05) is 0 Å². The predicted octanol–water partition coefficient (Wildman–Crippen LogP) is 0.651. The molecule has 0 aromatic rings. The molecular weight excluding hydrogens is 86.1 g/mol. The molecule has 0 atom stereocenters. The van der Waals surface area contributed by atoms with E-state index in [9.17, 15) is 0 Å². The molecule has 1 aliphatic heterocycles. The van der Waals surface area contributed by atoms with Crippen molar-refractivity contribution in [1.29, 1.82) is 0 Å². The zero-order valence-corrected chi connectivity index (χ0v) is 3.36. The molecule has 0 fully saturated rings. The van der Waals surface area contributed by atoms with Crippen LogP contribution in [0, 0.1) is 0 Å². The highest BCUT2D eigenvalue weighted by molar-refractivity contribution is 7.95. The third kappa shape index (κ3) is 0.545. The number of rotatable bonds is 0. The molecule has 0 radical (unpaired) electrons. The Balaban J connectivity index is 2.32. The molecule has 28 valence electrons. The molecule has 0 saturated heterocycles. The van der Waals surface area contributed by atoms with Crippen molar-refractivity contribution in [3.8, 4) is 0 Å². The van der Waals surface area contributed by atoms with E-state index in [1.54, 1.807) is 6.21 Å². The third-order valence-corrected chi connectivity index (χ3v) is 0.789. The molecular formula is C2H3NOS. The standard InChI is InChI=1S/C2H3NOS/c1-2-5-4-3-1/h1H,2H2. The van der Waals surface area contributed by atoms with E-state index in [-0.39, 0.29) is 0 Å². The van der Waals surface area contributed by atoms with Crippen molar-refractivity contribution < 1.29 is 4.28 Å². The number of hydrogen-bond acceptors (Lipinski definition) is 3. The maximum Gasteiger partial charge on any atom is 0.0935 e. The SMILES string of the molecule is C1=NOSC1. The van der Waals surface area contributed by atoms with Crippen LogP contribution in [0.2, 0.25) is 0 Å². The summed E-state index contributed by atoms with van der Waals surface area (Å²) in [5.41, 5.74) is 0.